The van der Waals surface area contributed by atoms with Gasteiger partial charge in [-0.15, -0.1) is 11.3 Å². The van der Waals surface area contributed by atoms with Gasteiger partial charge in [0.25, 0.3) is 0 Å². The zero-order valence-corrected chi connectivity index (χ0v) is 6.90. The zero-order chi connectivity index (χ0) is 7.73. The number of rotatable bonds is 3. The van der Waals surface area contributed by atoms with Crippen LogP contribution >= 0.6 is 11.3 Å². The topological polar surface area (TPSA) is 45.1 Å². The van der Waals surface area contributed by atoms with Crippen molar-refractivity contribution in [1.29, 1.82) is 0 Å². The van der Waals surface area contributed by atoms with Crippen LogP contribution in [0.3, 0.4) is 0 Å². The Morgan fingerprint density at radius 1 is 1.73 bits per heavy atom. The van der Waals surface area contributed by atoms with Crippen LogP contribution in [0.5, 0.6) is 0 Å². The number of anilines is 1. The Hall–Kier alpha value is -0.610. The van der Waals surface area contributed by atoms with Crippen molar-refractivity contribution < 1.29 is 5.11 Å². The molecule has 1 aliphatic rings. The van der Waals surface area contributed by atoms with E-state index in [2.05, 4.69) is 10.3 Å². The maximum absolute atomic E-state index is 8.97. The van der Waals surface area contributed by atoms with Crippen LogP contribution < -0.4 is 5.32 Å². The first-order valence-electron chi connectivity index (χ1n) is 3.63. The minimum absolute atomic E-state index is 0.0299. The second-order valence-electron chi connectivity index (χ2n) is 2.90. The molecule has 60 valence electrons. The van der Waals surface area contributed by atoms with Gasteiger partial charge in [-0.1, -0.05) is 0 Å². The van der Waals surface area contributed by atoms with E-state index >= 15 is 0 Å². The highest BCUT2D eigenvalue weighted by molar-refractivity contribution is 7.13. The molecular formula is C7H10N2OS. The minimum atomic E-state index is -0.0299. The summed E-state index contributed by atoms with van der Waals surface area (Å²) in [6, 6.07) is 0. The number of aliphatic hydroxyl groups is 1. The highest BCUT2D eigenvalue weighted by atomic mass is 32.1. The zero-order valence-electron chi connectivity index (χ0n) is 6.08. The molecule has 1 aliphatic carbocycles. The maximum Gasteiger partial charge on any atom is 0.183 e. The summed E-state index contributed by atoms with van der Waals surface area (Å²) >= 11 is 1.57. The number of hydrogen-bond acceptors (Lipinski definition) is 4. The largest absolute Gasteiger partial charge is 0.394 e. The molecule has 0 amide bonds. The Kier molecular flexibility index (Phi) is 1.58. The molecule has 1 aromatic rings. The van der Waals surface area contributed by atoms with Crippen LogP contribution in [-0.2, 0) is 0 Å². The summed E-state index contributed by atoms with van der Waals surface area (Å²) in [7, 11) is 0. The number of hydrogen-bond donors (Lipinski definition) is 2. The summed E-state index contributed by atoms with van der Waals surface area (Å²) in [6.45, 7) is 0.215. The van der Waals surface area contributed by atoms with E-state index in [0.717, 1.165) is 18.0 Å². The Morgan fingerprint density at radius 2 is 2.55 bits per heavy atom. The molecule has 0 radical (unpaired) electrons. The van der Waals surface area contributed by atoms with Gasteiger partial charge >= 0.3 is 0 Å². The summed E-state index contributed by atoms with van der Waals surface area (Å²) in [4.78, 5) is 4.09. The van der Waals surface area contributed by atoms with Gasteiger partial charge in [0.2, 0.25) is 0 Å². The molecule has 1 saturated carbocycles. The highest BCUT2D eigenvalue weighted by Gasteiger charge is 2.42. The highest BCUT2D eigenvalue weighted by Crippen LogP contribution is 2.38. The van der Waals surface area contributed by atoms with Gasteiger partial charge in [0.1, 0.15) is 0 Å². The van der Waals surface area contributed by atoms with E-state index in [9.17, 15) is 0 Å². The van der Waals surface area contributed by atoms with Crippen LogP contribution in [-0.4, -0.2) is 22.2 Å². The van der Waals surface area contributed by atoms with E-state index in [1.807, 2.05) is 5.38 Å². The van der Waals surface area contributed by atoms with E-state index in [4.69, 9.17) is 5.11 Å². The predicted octanol–water partition coefficient (Wildman–Crippen LogP) is 1.08. The van der Waals surface area contributed by atoms with Gasteiger partial charge in [-0.3, -0.25) is 0 Å². The third kappa shape index (κ3) is 1.36. The molecule has 0 spiro atoms. The van der Waals surface area contributed by atoms with Crippen LogP contribution in [0.25, 0.3) is 0 Å². The van der Waals surface area contributed by atoms with Crippen molar-refractivity contribution >= 4 is 16.5 Å². The molecule has 2 N–H and O–H groups in total. The van der Waals surface area contributed by atoms with Crippen LogP contribution in [0.15, 0.2) is 11.6 Å². The summed E-state index contributed by atoms with van der Waals surface area (Å²) in [5.74, 6) is 0. The molecule has 0 saturated heterocycles. The lowest BCUT2D eigenvalue weighted by Crippen LogP contribution is -2.25. The molecule has 1 heterocycles. The van der Waals surface area contributed by atoms with Crippen molar-refractivity contribution in [3.05, 3.63) is 11.6 Å². The maximum atomic E-state index is 8.97. The molecule has 2 rings (SSSR count). The van der Waals surface area contributed by atoms with Crippen molar-refractivity contribution in [2.45, 2.75) is 18.4 Å². The fourth-order valence-electron chi connectivity index (χ4n) is 0.986. The van der Waals surface area contributed by atoms with Gasteiger partial charge in [0.05, 0.1) is 12.1 Å². The average Bonchev–Trinajstić information content (AvgIpc) is 2.59. The molecule has 4 heteroatoms. The summed E-state index contributed by atoms with van der Waals surface area (Å²) in [5.41, 5.74) is -0.0299. The number of nitrogens with one attached hydrogen (secondary N) is 1. The van der Waals surface area contributed by atoms with Crippen molar-refractivity contribution in [3.8, 4) is 0 Å². The van der Waals surface area contributed by atoms with Gasteiger partial charge < -0.3 is 10.4 Å². The third-order valence-electron chi connectivity index (χ3n) is 1.96. The van der Waals surface area contributed by atoms with Gasteiger partial charge in [0, 0.05) is 11.6 Å². The van der Waals surface area contributed by atoms with E-state index in [1.165, 1.54) is 0 Å². The van der Waals surface area contributed by atoms with Crippen molar-refractivity contribution in [3.63, 3.8) is 0 Å². The SMILES string of the molecule is OCC1(Nc2nccs2)CC1. The standard InChI is InChI=1S/C7H10N2OS/c10-5-7(1-2-7)9-6-8-3-4-11-6/h3-4,10H,1-2,5H2,(H,8,9). The smallest absolute Gasteiger partial charge is 0.183 e. The van der Waals surface area contributed by atoms with Crippen molar-refractivity contribution in [2.75, 3.05) is 11.9 Å². The molecule has 0 bridgehead atoms. The Bertz CT molecular complexity index is 231. The lowest BCUT2D eigenvalue weighted by Gasteiger charge is -2.11. The molecule has 1 fully saturated rings. The first kappa shape index (κ1) is 7.06. The monoisotopic (exact) mass is 170 g/mol. The van der Waals surface area contributed by atoms with Gasteiger partial charge in [0.15, 0.2) is 5.13 Å². The molecule has 0 atom stereocenters. The molecule has 0 unspecified atom stereocenters. The fourth-order valence-corrected chi connectivity index (χ4v) is 1.63. The second kappa shape index (κ2) is 2.46. The summed E-state index contributed by atoms with van der Waals surface area (Å²) in [5, 5.41) is 15.0. The third-order valence-corrected chi connectivity index (χ3v) is 2.65. The Balaban J connectivity index is 2.01. The number of nitrogens with zero attached hydrogens (tertiary/aromatic N) is 1. The molecule has 11 heavy (non-hydrogen) atoms. The Morgan fingerprint density at radius 3 is 3.00 bits per heavy atom. The molecule has 3 nitrogen and oxygen atoms in total. The van der Waals surface area contributed by atoms with Crippen LogP contribution in [0.4, 0.5) is 5.13 Å². The van der Waals surface area contributed by atoms with Gasteiger partial charge in [-0.25, -0.2) is 4.98 Å². The number of thiazole rings is 1. The summed E-state index contributed by atoms with van der Waals surface area (Å²) in [6.07, 6.45) is 3.88. The minimum Gasteiger partial charge on any atom is -0.394 e. The molecule has 0 aromatic carbocycles. The number of aromatic nitrogens is 1. The predicted molar refractivity (Wildman–Crippen MR) is 44.8 cm³/mol. The normalized spacial score (nSPS) is 19.7. The molecular weight excluding hydrogens is 160 g/mol. The van der Waals surface area contributed by atoms with Crippen LogP contribution in [0.1, 0.15) is 12.8 Å². The molecule has 0 aliphatic heterocycles. The summed E-state index contributed by atoms with van der Waals surface area (Å²) < 4.78 is 0. The van der Waals surface area contributed by atoms with E-state index < -0.39 is 0 Å². The van der Waals surface area contributed by atoms with Gasteiger partial charge in [-0.05, 0) is 12.8 Å². The van der Waals surface area contributed by atoms with E-state index in [1.54, 1.807) is 17.5 Å². The van der Waals surface area contributed by atoms with Gasteiger partial charge in [-0.2, -0.15) is 0 Å². The van der Waals surface area contributed by atoms with Crippen molar-refractivity contribution in [2.24, 2.45) is 0 Å². The lowest BCUT2D eigenvalue weighted by atomic mass is 10.3. The lowest BCUT2D eigenvalue weighted by molar-refractivity contribution is 0.266. The Labute approximate surface area is 69.1 Å². The van der Waals surface area contributed by atoms with Crippen LogP contribution in [0, 0.1) is 0 Å². The first-order valence-corrected chi connectivity index (χ1v) is 4.51. The average molecular weight is 170 g/mol. The fraction of sp³-hybridized carbons (Fsp3) is 0.571. The first-order chi connectivity index (χ1) is 5.35. The van der Waals surface area contributed by atoms with Crippen molar-refractivity contribution in [1.82, 2.24) is 4.98 Å². The molecule has 1 aromatic heterocycles. The van der Waals surface area contributed by atoms with Crippen LogP contribution in [0.2, 0.25) is 0 Å². The van der Waals surface area contributed by atoms with E-state index in [-0.39, 0.29) is 12.1 Å². The number of aliphatic hydroxyl groups excluding tert-OH is 1. The van der Waals surface area contributed by atoms with E-state index in [0.29, 0.717) is 0 Å². The second-order valence-corrected chi connectivity index (χ2v) is 3.80. The quantitative estimate of drug-likeness (QED) is 0.713.